The van der Waals surface area contributed by atoms with Crippen molar-refractivity contribution in [3.63, 3.8) is 0 Å². The quantitative estimate of drug-likeness (QED) is 0.354. The molecule has 0 saturated carbocycles. The fourth-order valence-electron chi connectivity index (χ4n) is 2.63. The highest BCUT2D eigenvalue weighted by Crippen LogP contribution is 2.24. The lowest BCUT2D eigenvalue weighted by molar-refractivity contribution is 0.252. The Morgan fingerprint density at radius 3 is 2.63 bits per heavy atom. The molecule has 0 amide bonds. The lowest BCUT2D eigenvalue weighted by Gasteiger charge is -2.03. The van der Waals surface area contributed by atoms with E-state index in [1.807, 2.05) is 62.4 Å². The molecule has 0 radical (unpaired) electrons. The molecule has 154 valence electrons. The molecular formula is C21H20N4O4S. The van der Waals surface area contributed by atoms with Crippen molar-refractivity contribution >= 4 is 11.8 Å². The van der Waals surface area contributed by atoms with Crippen LogP contribution in [0.3, 0.4) is 0 Å². The van der Waals surface area contributed by atoms with Crippen LogP contribution in [0.4, 0.5) is 0 Å². The second-order valence-corrected chi connectivity index (χ2v) is 7.25. The molecule has 0 fully saturated rings. The largest absolute Gasteiger partial charge is 0.494 e. The van der Waals surface area contributed by atoms with Crippen LogP contribution >= 0.6 is 11.8 Å². The normalized spacial score (nSPS) is 10.9. The number of aromatic nitrogens is 4. The average Bonchev–Trinajstić information content (AvgIpc) is 3.41. The highest BCUT2D eigenvalue weighted by Gasteiger charge is 2.13. The van der Waals surface area contributed by atoms with Crippen LogP contribution in [0.5, 0.6) is 11.5 Å². The van der Waals surface area contributed by atoms with E-state index in [1.165, 1.54) is 11.8 Å². The molecule has 0 aliphatic heterocycles. The van der Waals surface area contributed by atoms with Gasteiger partial charge >= 0.3 is 0 Å². The number of thioether (sulfide) groups is 1. The van der Waals surface area contributed by atoms with E-state index in [-0.39, 0.29) is 6.61 Å². The molecule has 0 aliphatic rings. The Labute approximate surface area is 177 Å². The molecule has 0 unspecified atom stereocenters. The molecule has 2 aromatic carbocycles. The van der Waals surface area contributed by atoms with Gasteiger partial charge in [-0.2, -0.15) is 4.98 Å². The molecule has 0 N–H and O–H groups in total. The first-order valence-corrected chi connectivity index (χ1v) is 10.4. The zero-order valence-corrected chi connectivity index (χ0v) is 17.4. The van der Waals surface area contributed by atoms with Crippen LogP contribution in [-0.4, -0.2) is 26.9 Å². The third-order valence-electron chi connectivity index (χ3n) is 4.01. The minimum Gasteiger partial charge on any atom is -0.494 e. The topological polar surface area (TPSA) is 96.3 Å². The first-order valence-electron chi connectivity index (χ1n) is 9.40. The van der Waals surface area contributed by atoms with Gasteiger partial charge in [0.05, 0.1) is 12.4 Å². The summed E-state index contributed by atoms with van der Waals surface area (Å²) >= 11 is 1.32. The predicted octanol–water partition coefficient (Wildman–Crippen LogP) is 4.70. The van der Waals surface area contributed by atoms with Crippen molar-refractivity contribution in [3.05, 3.63) is 65.9 Å². The third kappa shape index (κ3) is 5.18. The van der Waals surface area contributed by atoms with Gasteiger partial charge in [0.15, 0.2) is 6.61 Å². The SMILES string of the molecule is CCOc1ccc(-c2noc(CSc3nnc(COc4cccc(C)c4)o3)n2)cc1. The third-order valence-corrected chi connectivity index (χ3v) is 4.81. The van der Waals surface area contributed by atoms with Gasteiger partial charge in [-0.1, -0.05) is 29.1 Å². The van der Waals surface area contributed by atoms with Gasteiger partial charge in [0.1, 0.15) is 11.5 Å². The Balaban J connectivity index is 1.30. The number of rotatable bonds is 9. The predicted molar refractivity (Wildman–Crippen MR) is 110 cm³/mol. The van der Waals surface area contributed by atoms with Crippen LogP contribution in [0.1, 0.15) is 24.3 Å². The number of ether oxygens (including phenoxy) is 2. The summed E-state index contributed by atoms with van der Waals surface area (Å²) in [7, 11) is 0. The fraction of sp³-hybridized carbons (Fsp3) is 0.238. The van der Waals surface area contributed by atoms with Crippen molar-refractivity contribution in [2.24, 2.45) is 0 Å². The Morgan fingerprint density at radius 2 is 1.83 bits per heavy atom. The van der Waals surface area contributed by atoms with Crippen molar-refractivity contribution in [1.29, 1.82) is 0 Å². The zero-order valence-electron chi connectivity index (χ0n) is 16.6. The number of aryl methyl sites for hydroxylation is 1. The van der Waals surface area contributed by atoms with Gasteiger partial charge in [0.2, 0.25) is 11.7 Å². The van der Waals surface area contributed by atoms with Crippen molar-refractivity contribution < 1.29 is 18.4 Å². The number of hydrogen-bond donors (Lipinski definition) is 0. The lowest BCUT2D eigenvalue weighted by Crippen LogP contribution is -1.95. The molecule has 9 heteroatoms. The van der Waals surface area contributed by atoms with Crippen molar-refractivity contribution in [2.75, 3.05) is 6.61 Å². The van der Waals surface area contributed by atoms with Crippen molar-refractivity contribution in [1.82, 2.24) is 20.3 Å². The summed E-state index contributed by atoms with van der Waals surface area (Å²) in [5.41, 5.74) is 1.98. The molecule has 0 saturated heterocycles. The first-order chi connectivity index (χ1) is 14.7. The van der Waals surface area contributed by atoms with E-state index in [4.69, 9.17) is 18.4 Å². The maximum Gasteiger partial charge on any atom is 0.277 e. The molecular weight excluding hydrogens is 404 g/mol. The smallest absolute Gasteiger partial charge is 0.277 e. The second kappa shape index (κ2) is 9.45. The Hall–Kier alpha value is -3.33. The fourth-order valence-corrected chi connectivity index (χ4v) is 3.24. The monoisotopic (exact) mass is 424 g/mol. The van der Waals surface area contributed by atoms with E-state index in [9.17, 15) is 0 Å². The van der Waals surface area contributed by atoms with Gasteiger partial charge in [-0.05, 0) is 55.8 Å². The van der Waals surface area contributed by atoms with Crippen molar-refractivity contribution in [3.8, 4) is 22.9 Å². The summed E-state index contributed by atoms with van der Waals surface area (Å²) in [5, 5.41) is 12.5. The molecule has 4 rings (SSSR count). The van der Waals surface area contributed by atoms with E-state index < -0.39 is 0 Å². The minimum absolute atomic E-state index is 0.208. The molecule has 0 atom stereocenters. The summed E-state index contributed by atoms with van der Waals surface area (Å²) in [4.78, 5) is 4.41. The molecule has 4 aromatic rings. The molecule has 2 heterocycles. The van der Waals surface area contributed by atoms with Gasteiger partial charge in [-0.3, -0.25) is 0 Å². The van der Waals surface area contributed by atoms with Gasteiger partial charge in [-0.25, -0.2) is 0 Å². The Morgan fingerprint density at radius 1 is 0.967 bits per heavy atom. The first kappa shape index (κ1) is 20.0. The van der Waals surface area contributed by atoms with Crippen LogP contribution in [0.15, 0.2) is 62.7 Å². The minimum atomic E-state index is 0.208. The van der Waals surface area contributed by atoms with Gasteiger partial charge < -0.3 is 18.4 Å². The maximum absolute atomic E-state index is 5.67. The van der Waals surface area contributed by atoms with Crippen LogP contribution in [0.25, 0.3) is 11.4 Å². The summed E-state index contributed by atoms with van der Waals surface area (Å²) in [5.74, 6) is 3.38. The highest BCUT2D eigenvalue weighted by atomic mass is 32.2. The number of benzene rings is 2. The molecule has 2 aromatic heterocycles. The number of hydrogen-bond acceptors (Lipinski definition) is 9. The highest BCUT2D eigenvalue weighted by molar-refractivity contribution is 7.98. The molecule has 0 spiro atoms. The molecule has 8 nitrogen and oxygen atoms in total. The van der Waals surface area contributed by atoms with Gasteiger partial charge in [-0.15, -0.1) is 10.2 Å². The summed E-state index contributed by atoms with van der Waals surface area (Å²) in [6.45, 7) is 4.78. The Bertz CT molecular complexity index is 1090. The van der Waals surface area contributed by atoms with E-state index in [0.717, 1.165) is 22.6 Å². The molecule has 30 heavy (non-hydrogen) atoms. The van der Waals surface area contributed by atoms with Gasteiger partial charge in [0.25, 0.3) is 11.1 Å². The standard InChI is InChI=1S/C21H20N4O4S/c1-3-26-16-9-7-15(8-10-16)20-22-19(29-25-20)13-30-21-24-23-18(28-21)12-27-17-6-4-5-14(2)11-17/h4-11H,3,12-13H2,1-2H3. The van der Waals surface area contributed by atoms with Gasteiger partial charge in [0, 0.05) is 5.56 Å². The molecule has 0 aliphatic carbocycles. The summed E-state index contributed by atoms with van der Waals surface area (Å²) in [6, 6.07) is 15.3. The number of nitrogens with zero attached hydrogens (tertiary/aromatic N) is 4. The summed E-state index contributed by atoms with van der Waals surface area (Å²) < 4.78 is 22.0. The lowest BCUT2D eigenvalue weighted by atomic mass is 10.2. The van der Waals surface area contributed by atoms with Crippen LogP contribution in [-0.2, 0) is 12.4 Å². The van der Waals surface area contributed by atoms with Crippen LogP contribution in [0, 0.1) is 6.92 Å². The molecule has 0 bridgehead atoms. The average molecular weight is 424 g/mol. The van der Waals surface area contributed by atoms with E-state index in [1.54, 1.807) is 0 Å². The Kier molecular flexibility index (Phi) is 6.29. The van der Waals surface area contributed by atoms with Crippen LogP contribution in [0.2, 0.25) is 0 Å². The van der Waals surface area contributed by atoms with Crippen molar-refractivity contribution in [2.45, 2.75) is 31.4 Å². The van der Waals surface area contributed by atoms with E-state index >= 15 is 0 Å². The van der Waals surface area contributed by atoms with E-state index in [0.29, 0.717) is 35.2 Å². The van der Waals surface area contributed by atoms with E-state index in [2.05, 4.69) is 20.3 Å². The van der Waals surface area contributed by atoms with Crippen LogP contribution < -0.4 is 9.47 Å². The zero-order chi connectivity index (χ0) is 20.8. The summed E-state index contributed by atoms with van der Waals surface area (Å²) in [6.07, 6.45) is 0. The second-order valence-electron chi connectivity index (χ2n) is 6.32. The maximum atomic E-state index is 5.67.